The molecule has 8 heteroatoms. The number of carbonyl (C=O) groups is 2. The second-order valence-electron chi connectivity index (χ2n) is 6.19. The number of fused-ring (bicyclic) bond motifs is 1. The maximum Gasteiger partial charge on any atom is 0.260 e. The third kappa shape index (κ3) is 4.44. The van der Waals surface area contributed by atoms with Gasteiger partial charge < -0.3 is 5.32 Å². The van der Waals surface area contributed by atoms with E-state index >= 15 is 0 Å². The fourth-order valence-electron chi connectivity index (χ4n) is 2.74. The maximum absolute atomic E-state index is 13.7. The molecule has 0 aliphatic heterocycles. The molecule has 0 saturated heterocycles. The summed E-state index contributed by atoms with van der Waals surface area (Å²) in [6.45, 7) is 0. The molecule has 0 unspecified atom stereocenters. The number of aromatic nitrogens is 2. The Labute approximate surface area is 169 Å². The lowest BCUT2D eigenvalue weighted by atomic mass is 10.2. The fourth-order valence-corrected chi connectivity index (χ4v) is 3.45. The number of carbonyl (C=O) groups excluding carboxylic acids is 2. The maximum atomic E-state index is 13.7. The molecule has 0 bridgehead atoms. The minimum absolute atomic E-state index is 0.0283. The molecular formula is C21H15FN4O2S. The van der Waals surface area contributed by atoms with Crippen LogP contribution in [0.2, 0.25) is 0 Å². The normalized spacial score (nSPS) is 10.7. The zero-order chi connectivity index (χ0) is 20.2. The molecule has 0 fully saturated rings. The Hall–Kier alpha value is -3.65. The lowest BCUT2D eigenvalue weighted by Gasteiger charge is -2.05. The SMILES string of the molecule is O=C(Cc1csc(NC(=O)c2ccccc2F)n1)Nc1ccc2ccccc2n1. The molecular weight excluding hydrogens is 391 g/mol. The highest BCUT2D eigenvalue weighted by molar-refractivity contribution is 7.14. The Morgan fingerprint density at radius 3 is 2.59 bits per heavy atom. The number of hydrogen-bond donors (Lipinski definition) is 2. The summed E-state index contributed by atoms with van der Waals surface area (Å²) in [5.41, 5.74) is 1.22. The Morgan fingerprint density at radius 1 is 0.931 bits per heavy atom. The number of halogens is 1. The molecule has 0 atom stereocenters. The van der Waals surface area contributed by atoms with Gasteiger partial charge in [0.1, 0.15) is 11.6 Å². The molecule has 0 aliphatic carbocycles. The number of rotatable bonds is 5. The van der Waals surface area contributed by atoms with Gasteiger partial charge in [0.2, 0.25) is 5.91 Å². The van der Waals surface area contributed by atoms with E-state index in [1.807, 2.05) is 30.3 Å². The molecule has 2 aromatic carbocycles. The molecule has 0 spiro atoms. The van der Waals surface area contributed by atoms with Gasteiger partial charge in [-0.15, -0.1) is 11.3 Å². The highest BCUT2D eigenvalue weighted by Crippen LogP contribution is 2.19. The molecule has 2 amide bonds. The molecule has 4 aromatic rings. The number of anilines is 2. The number of amides is 2. The first-order valence-corrected chi connectivity index (χ1v) is 9.62. The van der Waals surface area contributed by atoms with Gasteiger partial charge in [-0.25, -0.2) is 14.4 Å². The van der Waals surface area contributed by atoms with Crippen molar-refractivity contribution >= 4 is 45.0 Å². The predicted molar refractivity (Wildman–Crippen MR) is 111 cm³/mol. The van der Waals surface area contributed by atoms with Gasteiger partial charge in [-0.3, -0.25) is 14.9 Å². The Balaban J connectivity index is 1.38. The first-order valence-electron chi connectivity index (χ1n) is 8.74. The van der Waals surface area contributed by atoms with E-state index in [9.17, 15) is 14.0 Å². The van der Waals surface area contributed by atoms with E-state index in [0.717, 1.165) is 10.9 Å². The van der Waals surface area contributed by atoms with Gasteiger partial charge in [0.05, 0.1) is 23.2 Å². The largest absolute Gasteiger partial charge is 0.310 e. The average molecular weight is 406 g/mol. The minimum Gasteiger partial charge on any atom is -0.310 e. The number of hydrogen-bond acceptors (Lipinski definition) is 5. The van der Waals surface area contributed by atoms with E-state index in [0.29, 0.717) is 16.6 Å². The number of nitrogens with one attached hydrogen (secondary N) is 2. The van der Waals surface area contributed by atoms with Crippen LogP contribution in [0.5, 0.6) is 0 Å². The molecule has 2 heterocycles. The van der Waals surface area contributed by atoms with Crippen LogP contribution in [0.25, 0.3) is 10.9 Å². The van der Waals surface area contributed by atoms with Gasteiger partial charge in [0.25, 0.3) is 5.91 Å². The van der Waals surface area contributed by atoms with Crippen LogP contribution in [0.15, 0.2) is 66.0 Å². The highest BCUT2D eigenvalue weighted by atomic mass is 32.1. The molecule has 0 radical (unpaired) electrons. The Morgan fingerprint density at radius 2 is 1.72 bits per heavy atom. The van der Waals surface area contributed by atoms with Crippen LogP contribution >= 0.6 is 11.3 Å². The quantitative estimate of drug-likeness (QED) is 0.519. The van der Waals surface area contributed by atoms with Crippen LogP contribution in [0.1, 0.15) is 16.1 Å². The zero-order valence-corrected chi connectivity index (χ0v) is 15.9. The van der Waals surface area contributed by atoms with Gasteiger partial charge in [0.15, 0.2) is 5.13 Å². The van der Waals surface area contributed by atoms with Crippen LogP contribution < -0.4 is 10.6 Å². The van der Waals surface area contributed by atoms with Gasteiger partial charge in [-0.1, -0.05) is 30.3 Å². The molecule has 144 valence electrons. The third-order valence-corrected chi connectivity index (χ3v) is 4.90. The summed E-state index contributed by atoms with van der Waals surface area (Å²) in [5.74, 6) is -1.01. The second kappa shape index (κ2) is 8.15. The monoisotopic (exact) mass is 406 g/mol. The van der Waals surface area contributed by atoms with E-state index in [1.165, 1.54) is 29.5 Å². The predicted octanol–water partition coefficient (Wildman–Crippen LogP) is 4.26. The standard InChI is InChI=1S/C21H15FN4O2S/c22-16-7-3-2-6-15(16)20(28)26-21-23-14(12-29-21)11-19(27)25-18-10-9-13-5-1-4-8-17(13)24-18/h1-10,12H,11H2,(H,23,26,28)(H,24,25,27). The summed E-state index contributed by atoms with van der Waals surface area (Å²) in [6.07, 6.45) is 0.0283. The van der Waals surface area contributed by atoms with Crippen LogP contribution in [-0.2, 0) is 11.2 Å². The highest BCUT2D eigenvalue weighted by Gasteiger charge is 2.14. The van der Waals surface area contributed by atoms with E-state index in [-0.39, 0.29) is 17.9 Å². The molecule has 0 aliphatic rings. The average Bonchev–Trinajstić information content (AvgIpc) is 3.14. The van der Waals surface area contributed by atoms with Crippen molar-refractivity contribution in [2.45, 2.75) is 6.42 Å². The van der Waals surface area contributed by atoms with E-state index in [2.05, 4.69) is 20.6 Å². The third-order valence-electron chi connectivity index (χ3n) is 4.10. The van der Waals surface area contributed by atoms with E-state index in [1.54, 1.807) is 17.5 Å². The fraction of sp³-hybridized carbons (Fsp3) is 0.0476. The second-order valence-corrected chi connectivity index (χ2v) is 7.05. The lowest BCUT2D eigenvalue weighted by molar-refractivity contribution is -0.115. The van der Waals surface area contributed by atoms with Crippen molar-refractivity contribution in [2.24, 2.45) is 0 Å². The lowest BCUT2D eigenvalue weighted by Crippen LogP contribution is -2.16. The van der Waals surface area contributed by atoms with Crippen molar-refractivity contribution in [3.63, 3.8) is 0 Å². The van der Waals surface area contributed by atoms with Crippen molar-refractivity contribution in [1.82, 2.24) is 9.97 Å². The molecule has 6 nitrogen and oxygen atoms in total. The molecule has 2 aromatic heterocycles. The first-order chi connectivity index (χ1) is 14.1. The molecule has 2 N–H and O–H groups in total. The summed E-state index contributed by atoms with van der Waals surface area (Å²) in [5, 5.41) is 8.24. The van der Waals surface area contributed by atoms with E-state index < -0.39 is 11.7 Å². The summed E-state index contributed by atoms with van der Waals surface area (Å²) in [7, 11) is 0. The van der Waals surface area contributed by atoms with Gasteiger partial charge in [0, 0.05) is 10.8 Å². The topological polar surface area (TPSA) is 84.0 Å². The first kappa shape index (κ1) is 18.7. The van der Waals surface area contributed by atoms with Crippen LogP contribution in [0.3, 0.4) is 0 Å². The number of thiazole rings is 1. The smallest absolute Gasteiger partial charge is 0.260 e. The van der Waals surface area contributed by atoms with Gasteiger partial charge in [-0.05, 0) is 30.3 Å². The van der Waals surface area contributed by atoms with Crippen molar-refractivity contribution in [1.29, 1.82) is 0 Å². The van der Waals surface area contributed by atoms with Crippen LogP contribution in [-0.4, -0.2) is 21.8 Å². The summed E-state index contributed by atoms with van der Waals surface area (Å²) in [4.78, 5) is 33.1. The molecule has 29 heavy (non-hydrogen) atoms. The van der Waals surface area contributed by atoms with Crippen molar-refractivity contribution in [2.75, 3.05) is 10.6 Å². The number of nitrogens with zero attached hydrogens (tertiary/aromatic N) is 2. The van der Waals surface area contributed by atoms with E-state index in [4.69, 9.17) is 0 Å². The summed E-state index contributed by atoms with van der Waals surface area (Å²) in [6, 6.07) is 16.9. The van der Waals surface area contributed by atoms with Crippen molar-refractivity contribution < 1.29 is 14.0 Å². The van der Waals surface area contributed by atoms with Crippen LogP contribution in [0.4, 0.5) is 15.3 Å². The number of benzene rings is 2. The number of para-hydroxylation sites is 1. The van der Waals surface area contributed by atoms with Gasteiger partial charge in [-0.2, -0.15) is 0 Å². The van der Waals surface area contributed by atoms with Gasteiger partial charge >= 0.3 is 0 Å². The Kier molecular flexibility index (Phi) is 5.26. The number of pyridine rings is 1. The Bertz CT molecular complexity index is 1210. The molecule has 0 saturated carbocycles. The zero-order valence-electron chi connectivity index (χ0n) is 15.1. The van der Waals surface area contributed by atoms with Crippen molar-refractivity contribution in [3.8, 4) is 0 Å². The summed E-state index contributed by atoms with van der Waals surface area (Å²) >= 11 is 1.17. The minimum atomic E-state index is -0.607. The molecule has 4 rings (SSSR count). The van der Waals surface area contributed by atoms with Crippen LogP contribution in [0, 0.1) is 5.82 Å². The summed E-state index contributed by atoms with van der Waals surface area (Å²) < 4.78 is 13.7. The van der Waals surface area contributed by atoms with Crippen molar-refractivity contribution in [3.05, 3.63) is 83.1 Å².